The molecule has 1 heterocycles. The number of aromatic nitrogens is 2. The van der Waals surface area contributed by atoms with Crippen molar-refractivity contribution < 1.29 is 9.23 Å². The Hall–Kier alpha value is -2.02. The maximum absolute atomic E-state index is 13.4. The van der Waals surface area contributed by atoms with E-state index in [1.54, 1.807) is 12.1 Å². The molecule has 23 heavy (non-hydrogen) atoms. The molecular formula is C16H19FN2O3S. The summed E-state index contributed by atoms with van der Waals surface area (Å²) in [5.41, 5.74) is -0.637. The zero-order valence-electron chi connectivity index (χ0n) is 13.3. The van der Waals surface area contributed by atoms with E-state index < -0.39 is 11.2 Å². The highest BCUT2D eigenvalue weighted by Gasteiger charge is 2.20. The van der Waals surface area contributed by atoms with Gasteiger partial charge in [0.15, 0.2) is 0 Å². The maximum atomic E-state index is 13.4. The summed E-state index contributed by atoms with van der Waals surface area (Å²) in [5, 5.41) is 0.382. The van der Waals surface area contributed by atoms with Crippen LogP contribution in [0.5, 0.6) is 0 Å². The van der Waals surface area contributed by atoms with Crippen LogP contribution in [0.4, 0.5) is 4.39 Å². The molecule has 0 saturated carbocycles. The third-order valence-corrected chi connectivity index (χ3v) is 4.15. The Morgan fingerprint density at radius 2 is 2.09 bits per heavy atom. The molecule has 0 radical (unpaired) electrons. The van der Waals surface area contributed by atoms with Gasteiger partial charge in [0.25, 0.3) is 5.56 Å². The van der Waals surface area contributed by atoms with Crippen LogP contribution in [-0.4, -0.2) is 16.3 Å². The van der Waals surface area contributed by atoms with Crippen LogP contribution < -0.4 is 16.1 Å². The number of hydrogen-bond donors (Lipinski definition) is 1. The molecule has 0 atom stereocenters. The maximum Gasteiger partial charge on any atom is 0.362 e. The van der Waals surface area contributed by atoms with Crippen LogP contribution in [-0.2, 0) is 0 Å². The summed E-state index contributed by atoms with van der Waals surface area (Å²) in [5.74, 6) is -0.499. The van der Waals surface area contributed by atoms with Crippen LogP contribution in [0, 0.1) is 5.82 Å². The van der Waals surface area contributed by atoms with Gasteiger partial charge in [-0.2, -0.15) is 0 Å². The van der Waals surface area contributed by atoms with Crippen molar-refractivity contribution in [3.05, 3.63) is 56.5 Å². The van der Waals surface area contributed by atoms with Crippen molar-refractivity contribution >= 4 is 11.8 Å². The van der Waals surface area contributed by atoms with Crippen LogP contribution in [0.3, 0.4) is 0 Å². The lowest BCUT2D eigenvalue weighted by Crippen LogP contribution is -2.38. The number of nitrogens with one attached hydrogen (secondary N) is 1. The number of nitrogens with zero attached hydrogens (tertiary/aromatic N) is 1. The van der Waals surface area contributed by atoms with E-state index in [2.05, 4.69) is 4.98 Å². The van der Waals surface area contributed by atoms with Crippen molar-refractivity contribution in [1.82, 2.24) is 9.71 Å². The monoisotopic (exact) mass is 338 g/mol. The lowest BCUT2D eigenvalue weighted by molar-refractivity contribution is 0.0786. The molecule has 1 aromatic heterocycles. The van der Waals surface area contributed by atoms with Crippen molar-refractivity contribution in [2.75, 3.05) is 6.61 Å². The lowest BCUT2D eigenvalue weighted by atomic mass is 10.1. The molecule has 0 fully saturated rings. The summed E-state index contributed by atoms with van der Waals surface area (Å²) in [6.07, 6.45) is 0.715. The summed E-state index contributed by atoms with van der Waals surface area (Å²) in [6.45, 7) is 5.96. The summed E-state index contributed by atoms with van der Waals surface area (Å²) in [7, 11) is 0. The van der Waals surface area contributed by atoms with Gasteiger partial charge in [-0.3, -0.25) is 9.78 Å². The average molecular weight is 338 g/mol. The summed E-state index contributed by atoms with van der Waals surface area (Å²) >= 11 is 1.14. The van der Waals surface area contributed by atoms with Crippen LogP contribution in [0.25, 0.3) is 0 Å². The van der Waals surface area contributed by atoms with Gasteiger partial charge in [0, 0.05) is 4.90 Å². The van der Waals surface area contributed by atoms with E-state index in [-0.39, 0.29) is 11.7 Å². The molecule has 0 aliphatic heterocycles. The first-order chi connectivity index (χ1) is 10.9. The van der Waals surface area contributed by atoms with Gasteiger partial charge in [0.05, 0.1) is 5.56 Å². The normalized spacial score (nSPS) is 11.0. The summed E-state index contributed by atoms with van der Waals surface area (Å²) in [6, 6.07) is 5.99. The van der Waals surface area contributed by atoms with Crippen molar-refractivity contribution in [3.8, 4) is 0 Å². The highest BCUT2D eigenvalue weighted by atomic mass is 32.2. The second kappa shape index (κ2) is 7.50. The van der Waals surface area contributed by atoms with Gasteiger partial charge in [-0.25, -0.2) is 9.18 Å². The molecule has 124 valence electrons. The molecule has 0 aliphatic carbocycles. The standard InChI is InChI=1S/C16H19FN2O3S/c1-4-8-22-19-15(23-12-7-5-6-11(17)9-12)13(10(2)3)14(20)18-16(19)21/h5-7,9-10H,4,8H2,1-3H3,(H,18,20,21). The van der Waals surface area contributed by atoms with E-state index in [1.807, 2.05) is 20.8 Å². The van der Waals surface area contributed by atoms with E-state index in [0.29, 0.717) is 28.5 Å². The zero-order chi connectivity index (χ0) is 17.0. The predicted octanol–water partition coefficient (Wildman–Crippen LogP) is 2.79. The molecule has 5 nitrogen and oxygen atoms in total. The first-order valence-corrected chi connectivity index (χ1v) is 8.21. The molecule has 2 aromatic rings. The van der Waals surface area contributed by atoms with Crippen molar-refractivity contribution in [2.24, 2.45) is 0 Å². The molecule has 0 spiro atoms. The van der Waals surface area contributed by atoms with Gasteiger partial charge < -0.3 is 4.84 Å². The van der Waals surface area contributed by atoms with Crippen LogP contribution in [0.2, 0.25) is 0 Å². The fourth-order valence-electron chi connectivity index (χ4n) is 2.06. The predicted molar refractivity (Wildman–Crippen MR) is 87.7 cm³/mol. The van der Waals surface area contributed by atoms with Gasteiger partial charge in [-0.15, -0.1) is 4.73 Å². The van der Waals surface area contributed by atoms with Gasteiger partial charge in [-0.05, 0) is 30.5 Å². The number of H-pyrrole nitrogens is 1. The molecule has 0 unspecified atom stereocenters. The highest BCUT2D eigenvalue weighted by Crippen LogP contribution is 2.31. The average Bonchev–Trinajstić information content (AvgIpc) is 2.46. The minimum Gasteiger partial charge on any atom is -0.408 e. The van der Waals surface area contributed by atoms with Crippen molar-refractivity contribution in [1.29, 1.82) is 0 Å². The first kappa shape index (κ1) is 17.3. The number of halogens is 1. The molecule has 0 bridgehead atoms. The summed E-state index contributed by atoms with van der Waals surface area (Å²) < 4.78 is 14.5. The smallest absolute Gasteiger partial charge is 0.362 e. The second-order valence-corrected chi connectivity index (χ2v) is 6.38. The fraction of sp³-hybridized carbons (Fsp3) is 0.375. The molecular weight excluding hydrogens is 319 g/mol. The highest BCUT2D eigenvalue weighted by molar-refractivity contribution is 7.99. The van der Waals surface area contributed by atoms with Gasteiger partial charge in [0.2, 0.25) is 0 Å². The van der Waals surface area contributed by atoms with Crippen LogP contribution in [0.1, 0.15) is 38.7 Å². The minimum atomic E-state index is -0.633. The van der Waals surface area contributed by atoms with Gasteiger partial charge in [-0.1, -0.05) is 38.6 Å². The van der Waals surface area contributed by atoms with Crippen molar-refractivity contribution in [3.63, 3.8) is 0 Å². The van der Waals surface area contributed by atoms with E-state index in [4.69, 9.17) is 4.84 Å². The second-order valence-electron chi connectivity index (χ2n) is 5.32. The molecule has 1 aromatic carbocycles. The first-order valence-electron chi connectivity index (χ1n) is 7.40. The summed E-state index contributed by atoms with van der Waals surface area (Å²) in [4.78, 5) is 32.6. The number of aromatic amines is 1. The Bertz CT molecular complexity index is 799. The zero-order valence-corrected chi connectivity index (χ0v) is 14.1. The topological polar surface area (TPSA) is 64.1 Å². The van der Waals surface area contributed by atoms with E-state index in [0.717, 1.165) is 16.5 Å². The third kappa shape index (κ3) is 4.04. The molecule has 0 aliphatic rings. The van der Waals surface area contributed by atoms with E-state index in [9.17, 15) is 14.0 Å². The molecule has 2 rings (SSSR count). The quantitative estimate of drug-likeness (QED) is 0.823. The number of benzene rings is 1. The lowest BCUT2D eigenvalue weighted by Gasteiger charge is -2.17. The largest absolute Gasteiger partial charge is 0.408 e. The van der Waals surface area contributed by atoms with Crippen molar-refractivity contribution in [2.45, 2.75) is 43.0 Å². The van der Waals surface area contributed by atoms with E-state index in [1.165, 1.54) is 12.1 Å². The number of hydrogen-bond acceptors (Lipinski definition) is 4. The molecule has 1 N–H and O–H groups in total. The Balaban J connectivity index is 2.61. The van der Waals surface area contributed by atoms with Gasteiger partial charge in [0.1, 0.15) is 17.5 Å². The van der Waals surface area contributed by atoms with Crippen LogP contribution in [0.15, 0.2) is 43.8 Å². The molecule has 7 heteroatoms. The molecule has 0 amide bonds. The fourth-order valence-corrected chi connectivity index (χ4v) is 3.26. The van der Waals surface area contributed by atoms with Crippen LogP contribution >= 0.6 is 11.8 Å². The Morgan fingerprint density at radius 3 is 2.70 bits per heavy atom. The SMILES string of the molecule is CCCOn1c(Sc2cccc(F)c2)c(C(C)C)c(=O)[nH]c1=O. The Kier molecular flexibility index (Phi) is 5.65. The van der Waals surface area contributed by atoms with E-state index >= 15 is 0 Å². The Labute approximate surface area is 137 Å². The Morgan fingerprint density at radius 1 is 1.35 bits per heavy atom. The number of rotatable bonds is 6. The molecule has 0 saturated heterocycles. The third-order valence-electron chi connectivity index (χ3n) is 3.08. The minimum absolute atomic E-state index is 0.119. The van der Waals surface area contributed by atoms with Gasteiger partial charge >= 0.3 is 5.69 Å².